The summed E-state index contributed by atoms with van der Waals surface area (Å²) in [6.07, 6.45) is 4.50. The van der Waals surface area contributed by atoms with Gasteiger partial charge in [-0.2, -0.15) is 0 Å². The highest BCUT2D eigenvalue weighted by atomic mass is 35.5. The van der Waals surface area contributed by atoms with Gasteiger partial charge in [0.05, 0.1) is 0 Å². The van der Waals surface area contributed by atoms with Crippen LogP contribution in [0.5, 0.6) is 0 Å². The number of Topliss-reactive ketones (excluding diaryl/α,β-unsaturated/α-hetero) is 1. The number of carbonyl (C=O) groups is 1. The standard InChI is InChI=1S/C16H19ClN2O/c1-2-16(20)11-4-7-19(8-5-11)15-10-12(17)9-14-13(15)3-6-18-14/h3,6,9-11,18H,2,4-5,7-8H2,1H3. The lowest BCUT2D eigenvalue weighted by Gasteiger charge is -2.33. The summed E-state index contributed by atoms with van der Waals surface area (Å²) >= 11 is 6.20. The Bertz CT molecular complexity index is 626. The molecule has 0 atom stereocenters. The van der Waals surface area contributed by atoms with E-state index in [1.165, 1.54) is 11.1 Å². The summed E-state index contributed by atoms with van der Waals surface area (Å²) < 4.78 is 0. The fraction of sp³-hybridized carbons (Fsp3) is 0.438. The molecule has 1 N–H and O–H groups in total. The van der Waals surface area contributed by atoms with E-state index >= 15 is 0 Å². The van der Waals surface area contributed by atoms with E-state index in [0.717, 1.165) is 36.5 Å². The van der Waals surface area contributed by atoms with Crippen molar-refractivity contribution in [1.29, 1.82) is 0 Å². The highest BCUT2D eigenvalue weighted by molar-refractivity contribution is 6.31. The number of hydrogen-bond donors (Lipinski definition) is 1. The second-order valence-corrected chi connectivity index (χ2v) is 5.88. The van der Waals surface area contributed by atoms with Crippen molar-refractivity contribution in [3.05, 3.63) is 29.4 Å². The minimum absolute atomic E-state index is 0.247. The number of benzene rings is 1. The van der Waals surface area contributed by atoms with Crippen molar-refractivity contribution in [2.75, 3.05) is 18.0 Å². The number of fused-ring (bicyclic) bond motifs is 1. The number of nitrogens with zero attached hydrogens (tertiary/aromatic N) is 1. The molecule has 20 heavy (non-hydrogen) atoms. The Kier molecular flexibility index (Phi) is 3.70. The summed E-state index contributed by atoms with van der Waals surface area (Å²) in [7, 11) is 0. The van der Waals surface area contributed by atoms with Gasteiger partial charge in [0.15, 0.2) is 0 Å². The van der Waals surface area contributed by atoms with Gasteiger partial charge in [-0.05, 0) is 31.0 Å². The lowest BCUT2D eigenvalue weighted by Crippen LogP contribution is -2.36. The molecule has 2 heterocycles. The molecule has 1 saturated heterocycles. The smallest absolute Gasteiger partial charge is 0.135 e. The minimum atomic E-state index is 0.247. The molecule has 3 nitrogen and oxygen atoms in total. The Balaban J connectivity index is 1.83. The molecule has 1 fully saturated rings. The monoisotopic (exact) mass is 290 g/mol. The van der Waals surface area contributed by atoms with Crippen molar-refractivity contribution >= 4 is 34.0 Å². The lowest BCUT2D eigenvalue weighted by atomic mass is 9.91. The predicted octanol–water partition coefficient (Wildman–Crippen LogP) is 4.02. The Morgan fingerprint density at radius 2 is 2.15 bits per heavy atom. The molecular weight excluding hydrogens is 272 g/mol. The molecule has 4 heteroatoms. The van der Waals surface area contributed by atoms with E-state index in [1.807, 2.05) is 25.3 Å². The van der Waals surface area contributed by atoms with Gasteiger partial charge in [-0.3, -0.25) is 4.79 Å². The average Bonchev–Trinajstić information content (AvgIpc) is 2.94. The lowest BCUT2D eigenvalue weighted by molar-refractivity contribution is -0.123. The number of H-pyrrole nitrogens is 1. The number of aromatic nitrogens is 1. The molecule has 1 aliphatic rings. The van der Waals surface area contributed by atoms with Crippen LogP contribution in [0.3, 0.4) is 0 Å². The third-order valence-corrected chi connectivity index (χ3v) is 4.47. The molecule has 0 amide bonds. The summed E-state index contributed by atoms with van der Waals surface area (Å²) in [5.41, 5.74) is 2.25. The number of rotatable bonds is 3. The van der Waals surface area contributed by atoms with Gasteiger partial charge in [0.2, 0.25) is 0 Å². The van der Waals surface area contributed by atoms with Gasteiger partial charge < -0.3 is 9.88 Å². The Labute approximate surface area is 123 Å². The normalized spacial score (nSPS) is 16.8. The molecule has 0 bridgehead atoms. The molecule has 1 aliphatic heterocycles. The van der Waals surface area contributed by atoms with Crippen LogP contribution in [0.4, 0.5) is 5.69 Å². The zero-order valence-corrected chi connectivity index (χ0v) is 12.4. The van der Waals surface area contributed by atoms with Gasteiger partial charge in [-0.1, -0.05) is 18.5 Å². The largest absolute Gasteiger partial charge is 0.371 e. The highest BCUT2D eigenvalue weighted by Gasteiger charge is 2.24. The predicted molar refractivity (Wildman–Crippen MR) is 83.5 cm³/mol. The first kappa shape index (κ1) is 13.5. The third-order valence-electron chi connectivity index (χ3n) is 4.25. The first-order valence-corrected chi connectivity index (χ1v) is 7.61. The van der Waals surface area contributed by atoms with Crippen molar-refractivity contribution in [3.63, 3.8) is 0 Å². The number of piperidine rings is 1. The van der Waals surface area contributed by atoms with E-state index in [0.29, 0.717) is 12.2 Å². The zero-order chi connectivity index (χ0) is 14.1. The minimum Gasteiger partial charge on any atom is -0.371 e. The Morgan fingerprint density at radius 3 is 2.85 bits per heavy atom. The fourth-order valence-corrected chi connectivity index (χ4v) is 3.32. The maximum atomic E-state index is 11.8. The summed E-state index contributed by atoms with van der Waals surface area (Å²) in [6.45, 7) is 3.81. The first-order chi connectivity index (χ1) is 9.69. The Hall–Kier alpha value is -1.48. The third kappa shape index (κ3) is 2.42. The van der Waals surface area contributed by atoms with Crippen LogP contribution in [0.1, 0.15) is 26.2 Å². The number of hydrogen-bond acceptors (Lipinski definition) is 2. The number of halogens is 1. The molecule has 106 valence electrons. The van der Waals surface area contributed by atoms with Crippen LogP contribution in [0, 0.1) is 5.92 Å². The van der Waals surface area contributed by atoms with Gasteiger partial charge in [0, 0.05) is 53.2 Å². The number of ketones is 1. The quantitative estimate of drug-likeness (QED) is 0.927. The van der Waals surface area contributed by atoms with E-state index in [1.54, 1.807) is 0 Å². The first-order valence-electron chi connectivity index (χ1n) is 7.23. The SMILES string of the molecule is CCC(=O)C1CCN(c2cc(Cl)cc3[nH]ccc23)CC1. The van der Waals surface area contributed by atoms with Crippen LogP contribution in [-0.4, -0.2) is 23.9 Å². The number of anilines is 1. The fourth-order valence-electron chi connectivity index (χ4n) is 3.11. The van der Waals surface area contributed by atoms with Crippen molar-refractivity contribution in [1.82, 2.24) is 4.98 Å². The van der Waals surface area contributed by atoms with Gasteiger partial charge >= 0.3 is 0 Å². The topological polar surface area (TPSA) is 36.1 Å². The number of aromatic amines is 1. The highest BCUT2D eigenvalue weighted by Crippen LogP contribution is 2.33. The molecule has 1 aromatic carbocycles. The molecule has 0 radical (unpaired) electrons. The van der Waals surface area contributed by atoms with Crippen LogP contribution in [0.25, 0.3) is 10.9 Å². The molecule has 0 unspecified atom stereocenters. The Morgan fingerprint density at radius 1 is 1.40 bits per heavy atom. The summed E-state index contributed by atoms with van der Waals surface area (Å²) in [5.74, 6) is 0.652. The van der Waals surface area contributed by atoms with Crippen LogP contribution >= 0.6 is 11.6 Å². The molecule has 1 aromatic heterocycles. The van der Waals surface area contributed by atoms with Gasteiger partial charge in [-0.25, -0.2) is 0 Å². The van der Waals surface area contributed by atoms with Crippen molar-refractivity contribution in [2.24, 2.45) is 5.92 Å². The van der Waals surface area contributed by atoms with Gasteiger partial charge in [-0.15, -0.1) is 0 Å². The average molecular weight is 291 g/mol. The molecular formula is C16H19ClN2O. The molecule has 0 saturated carbocycles. The number of carbonyl (C=O) groups excluding carboxylic acids is 1. The zero-order valence-electron chi connectivity index (χ0n) is 11.7. The van der Waals surface area contributed by atoms with Crippen LogP contribution in [-0.2, 0) is 4.79 Å². The van der Waals surface area contributed by atoms with Crippen LogP contribution in [0.15, 0.2) is 24.4 Å². The van der Waals surface area contributed by atoms with Crippen LogP contribution in [0.2, 0.25) is 5.02 Å². The van der Waals surface area contributed by atoms with Gasteiger partial charge in [0.1, 0.15) is 5.78 Å². The van der Waals surface area contributed by atoms with E-state index < -0.39 is 0 Å². The van der Waals surface area contributed by atoms with E-state index in [-0.39, 0.29) is 5.92 Å². The van der Waals surface area contributed by atoms with Gasteiger partial charge in [0.25, 0.3) is 0 Å². The molecule has 3 rings (SSSR count). The van der Waals surface area contributed by atoms with Crippen molar-refractivity contribution in [2.45, 2.75) is 26.2 Å². The maximum absolute atomic E-state index is 11.8. The van der Waals surface area contributed by atoms with Crippen LogP contribution < -0.4 is 4.90 Å². The molecule has 0 spiro atoms. The summed E-state index contributed by atoms with van der Waals surface area (Å²) in [4.78, 5) is 17.4. The second kappa shape index (κ2) is 5.49. The summed E-state index contributed by atoms with van der Waals surface area (Å²) in [5, 5.41) is 1.95. The number of nitrogens with one attached hydrogen (secondary N) is 1. The van der Waals surface area contributed by atoms with E-state index in [2.05, 4.69) is 16.0 Å². The van der Waals surface area contributed by atoms with E-state index in [4.69, 9.17) is 11.6 Å². The van der Waals surface area contributed by atoms with Crippen molar-refractivity contribution in [3.8, 4) is 0 Å². The second-order valence-electron chi connectivity index (χ2n) is 5.45. The molecule has 0 aliphatic carbocycles. The van der Waals surface area contributed by atoms with E-state index in [9.17, 15) is 4.79 Å². The van der Waals surface area contributed by atoms with Crippen molar-refractivity contribution < 1.29 is 4.79 Å². The maximum Gasteiger partial charge on any atom is 0.135 e. The summed E-state index contributed by atoms with van der Waals surface area (Å²) in [6, 6.07) is 6.07. The molecule has 2 aromatic rings.